The van der Waals surface area contributed by atoms with Gasteiger partial charge in [0.25, 0.3) is 0 Å². The molecule has 0 saturated heterocycles. The molecule has 0 saturated carbocycles. The number of ether oxygens (including phenoxy) is 2. The van der Waals surface area contributed by atoms with Gasteiger partial charge < -0.3 is 19.5 Å². The standard InChI is InChI=1S/C17H21NO4/c1-5-12(19)16-14(22-4)10-13(21-3)15(17(16)20)11-6-8-18(2)9-7-11/h5-6,10,20H,1,7-9H2,2-4H3. The van der Waals surface area contributed by atoms with Crippen molar-refractivity contribution in [2.45, 2.75) is 6.42 Å². The number of likely N-dealkylation sites (N-methyl/N-ethyl adjacent to an activating group) is 1. The number of allylic oxidation sites excluding steroid dienone is 1. The van der Waals surface area contributed by atoms with Crippen molar-refractivity contribution in [2.75, 3.05) is 34.4 Å². The van der Waals surface area contributed by atoms with Crippen LogP contribution in [0.5, 0.6) is 17.2 Å². The lowest BCUT2D eigenvalue weighted by Gasteiger charge is -2.24. The number of carbonyl (C=O) groups is 1. The van der Waals surface area contributed by atoms with Crippen LogP contribution >= 0.6 is 0 Å². The van der Waals surface area contributed by atoms with Crippen LogP contribution in [-0.2, 0) is 0 Å². The van der Waals surface area contributed by atoms with Crippen LogP contribution in [0.3, 0.4) is 0 Å². The predicted molar refractivity (Wildman–Crippen MR) is 85.8 cm³/mol. The first-order valence-electron chi connectivity index (χ1n) is 7.06. The quantitative estimate of drug-likeness (QED) is 0.669. The van der Waals surface area contributed by atoms with Crippen LogP contribution in [-0.4, -0.2) is 50.1 Å². The van der Waals surface area contributed by atoms with E-state index in [-0.39, 0.29) is 22.8 Å². The number of phenols is 1. The summed E-state index contributed by atoms with van der Waals surface area (Å²) >= 11 is 0. The molecule has 118 valence electrons. The average molecular weight is 303 g/mol. The second kappa shape index (κ2) is 6.66. The number of benzene rings is 1. The molecular formula is C17H21NO4. The third-order valence-corrected chi connectivity index (χ3v) is 3.83. The van der Waals surface area contributed by atoms with Gasteiger partial charge >= 0.3 is 0 Å². The predicted octanol–water partition coefficient (Wildman–Crippen LogP) is 2.50. The van der Waals surface area contributed by atoms with Gasteiger partial charge in [-0.05, 0) is 25.1 Å². The number of phenolic OH excluding ortho intramolecular Hbond substituents is 1. The molecule has 0 aromatic heterocycles. The van der Waals surface area contributed by atoms with Gasteiger partial charge in [0, 0.05) is 19.2 Å². The Hall–Kier alpha value is -2.27. The van der Waals surface area contributed by atoms with Gasteiger partial charge in [-0.3, -0.25) is 4.79 Å². The molecule has 1 aliphatic rings. The molecule has 0 spiro atoms. The van der Waals surface area contributed by atoms with Gasteiger partial charge in [-0.1, -0.05) is 12.7 Å². The highest BCUT2D eigenvalue weighted by molar-refractivity contribution is 6.09. The van der Waals surface area contributed by atoms with Crippen LogP contribution in [0.4, 0.5) is 0 Å². The Bertz CT molecular complexity index is 634. The van der Waals surface area contributed by atoms with Crippen molar-refractivity contribution >= 4 is 11.4 Å². The largest absolute Gasteiger partial charge is 0.506 e. The van der Waals surface area contributed by atoms with Gasteiger partial charge in [-0.15, -0.1) is 0 Å². The highest BCUT2D eigenvalue weighted by Crippen LogP contribution is 2.44. The summed E-state index contributed by atoms with van der Waals surface area (Å²) in [7, 11) is 5.01. The molecular weight excluding hydrogens is 282 g/mol. The van der Waals surface area contributed by atoms with Crippen LogP contribution in [0.2, 0.25) is 0 Å². The molecule has 0 atom stereocenters. The van der Waals surface area contributed by atoms with Crippen molar-refractivity contribution in [1.82, 2.24) is 4.90 Å². The molecule has 0 aliphatic carbocycles. The fourth-order valence-corrected chi connectivity index (χ4v) is 2.59. The minimum Gasteiger partial charge on any atom is -0.506 e. The zero-order chi connectivity index (χ0) is 16.3. The SMILES string of the molecule is C=CC(=O)c1c(OC)cc(OC)c(C2=CCN(C)CC2)c1O. The minimum atomic E-state index is -0.383. The molecule has 0 fully saturated rings. The molecule has 0 unspecified atom stereocenters. The van der Waals surface area contributed by atoms with E-state index in [1.54, 1.807) is 6.07 Å². The van der Waals surface area contributed by atoms with Gasteiger partial charge in [-0.2, -0.15) is 0 Å². The van der Waals surface area contributed by atoms with E-state index in [1.807, 2.05) is 13.1 Å². The molecule has 1 aromatic carbocycles. The molecule has 0 radical (unpaired) electrons. The fourth-order valence-electron chi connectivity index (χ4n) is 2.59. The summed E-state index contributed by atoms with van der Waals surface area (Å²) in [4.78, 5) is 14.2. The van der Waals surface area contributed by atoms with Crippen LogP contribution < -0.4 is 9.47 Å². The van der Waals surface area contributed by atoms with Crippen LogP contribution in [0.1, 0.15) is 22.3 Å². The Morgan fingerprint density at radius 1 is 1.36 bits per heavy atom. The highest BCUT2D eigenvalue weighted by Gasteiger charge is 2.25. The lowest BCUT2D eigenvalue weighted by molar-refractivity contribution is 0.104. The zero-order valence-electron chi connectivity index (χ0n) is 13.2. The van der Waals surface area contributed by atoms with E-state index in [9.17, 15) is 9.90 Å². The van der Waals surface area contributed by atoms with E-state index in [0.717, 1.165) is 31.2 Å². The Kier molecular flexibility index (Phi) is 4.88. The molecule has 1 N–H and O–H groups in total. The average Bonchev–Trinajstić information content (AvgIpc) is 2.54. The number of rotatable bonds is 5. The monoisotopic (exact) mass is 303 g/mol. The lowest BCUT2D eigenvalue weighted by atomic mass is 9.93. The van der Waals surface area contributed by atoms with Gasteiger partial charge in [0.2, 0.25) is 0 Å². The third kappa shape index (κ3) is 2.85. The van der Waals surface area contributed by atoms with Gasteiger partial charge in [0.05, 0.1) is 19.8 Å². The molecule has 0 bridgehead atoms. The van der Waals surface area contributed by atoms with Crippen molar-refractivity contribution in [3.05, 3.63) is 35.9 Å². The van der Waals surface area contributed by atoms with Gasteiger partial charge in [0.1, 0.15) is 22.8 Å². The van der Waals surface area contributed by atoms with E-state index in [4.69, 9.17) is 9.47 Å². The maximum atomic E-state index is 12.1. The molecule has 22 heavy (non-hydrogen) atoms. The highest BCUT2D eigenvalue weighted by atomic mass is 16.5. The number of carbonyl (C=O) groups excluding carboxylic acids is 1. The summed E-state index contributed by atoms with van der Waals surface area (Å²) < 4.78 is 10.6. The Labute approximate surface area is 130 Å². The maximum Gasteiger partial charge on any atom is 0.192 e. The first-order valence-corrected chi connectivity index (χ1v) is 7.06. The Balaban J connectivity index is 2.66. The molecule has 1 aliphatic heterocycles. The smallest absolute Gasteiger partial charge is 0.192 e. The van der Waals surface area contributed by atoms with Gasteiger partial charge in [-0.25, -0.2) is 0 Å². The Morgan fingerprint density at radius 3 is 2.55 bits per heavy atom. The second-order valence-electron chi connectivity index (χ2n) is 5.19. The second-order valence-corrected chi connectivity index (χ2v) is 5.19. The molecule has 0 amide bonds. The first kappa shape index (κ1) is 16.1. The van der Waals surface area contributed by atoms with Crippen LogP contribution in [0, 0.1) is 0 Å². The maximum absolute atomic E-state index is 12.1. The Morgan fingerprint density at radius 2 is 2.05 bits per heavy atom. The number of aromatic hydroxyl groups is 1. The zero-order valence-corrected chi connectivity index (χ0v) is 13.2. The van der Waals surface area contributed by atoms with Crippen molar-refractivity contribution in [3.63, 3.8) is 0 Å². The van der Waals surface area contributed by atoms with E-state index in [2.05, 4.69) is 11.5 Å². The van der Waals surface area contributed by atoms with Crippen LogP contribution in [0.25, 0.3) is 5.57 Å². The van der Waals surface area contributed by atoms with Crippen molar-refractivity contribution in [3.8, 4) is 17.2 Å². The molecule has 5 nitrogen and oxygen atoms in total. The van der Waals surface area contributed by atoms with E-state index >= 15 is 0 Å². The minimum absolute atomic E-state index is 0.114. The van der Waals surface area contributed by atoms with E-state index < -0.39 is 0 Å². The normalized spacial score (nSPS) is 15.1. The third-order valence-electron chi connectivity index (χ3n) is 3.83. The fraction of sp³-hybridized carbons (Fsp3) is 0.353. The summed E-state index contributed by atoms with van der Waals surface area (Å²) in [6.07, 6.45) is 3.97. The summed E-state index contributed by atoms with van der Waals surface area (Å²) in [5.74, 6) is 0.269. The number of hydrogen-bond donors (Lipinski definition) is 1. The number of hydrogen-bond acceptors (Lipinski definition) is 5. The summed E-state index contributed by atoms with van der Waals surface area (Å²) in [5, 5.41) is 10.6. The topological polar surface area (TPSA) is 59.0 Å². The van der Waals surface area contributed by atoms with Crippen molar-refractivity contribution in [2.24, 2.45) is 0 Å². The summed E-state index contributed by atoms with van der Waals surface area (Å²) in [6, 6.07) is 1.63. The number of ketones is 1. The molecule has 1 aromatic rings. The summed E-state index contributed by atoms with van der Waals surface area (Å²) in [5.41, 5.74) is 1.64. The van der Waals surface area contributed by atoms with Crippen molar-refractivity contribution in [1.29, 1.82) is 0 Å². The van der Waals surface area contributed by atoms with Crippen molar-refractivity contribution < 1.29 is 19.4 Å². The molecule has 1 heterocycles. The lowest BCUT2D eigenvalue weighted by Crippen LogP contribution is -2.23. The molecule has 5 heteroatoms. The number of methoxy groups -OCH3 is 2. The van der Waals surface area contributed by atoms with E-state index in [0.29, 0.717) is 11.3 Å². The van der Waals surface area contributed by atoms with Crippen LogP contribution in [0.15, 0.2) is 24.8 Å². The van der Waals surface area contributed by atoms with E-state index in [1.165, 1.54) is 14.2 Å². The summed E-state index contributed by atoms with van der Waals surface area (Å²) in [6.45, 7) is 5.15. The first-order chi connectivity index (χ1) is 10.5. The van der Waals surface area contributed by atoms with Gasteiger partial charge in [0.15, 0.2) is 5.78 Å². The molecule has 2 rings (SSSR count). The number of nitrogens with zero attached hydrogens (tertiary/aromatic N) is 1.